The number of fused-ring (bicyclic) bond motifs is 1. The lowest BCUT2D eigenvalue weighted by Crippen LogP contribution is -2.27. The van der Waals surface area contributed by atoms with Crippen molar-refractivity contribution in [3.8, 4) is 0 Å². The number of nitrogens with zero attached hydrogens (tertiary/aromatic N) is 1. The van der Waals surface area contributed by atoms with Gasteiger partial charge in [-0.25, -0.2) is 4.39 Å². The molecule has 1 heterocycles. The van der Waals surface area contributed by atoms with Crippen LogP contribution in [0.4, 0.5) is 15.8 Å². The van der Waals surface area contributed by atoms with Crippen molar-refractivity contribution in [2.75, 3.05) is 10.6 Å². The molecule has 0 saturated heterocycles. The van der Waals surface area contributed by atoms with E-state index in [-0.39, 0.29) is 35.7 Å². The number of aromatic nitrogens is 1. The van der Waals surface area contributed by atoms with Gasteiger partial charge in [-0.1, -0.05) is 31.5 Å². The molecule has 9 heteroatoms. The topological polar surface area (TPSA) is 92.2 Å². The Morgan fingerprint density at radius 1 is 0.949 bits per heavy atom. The molecule has 3 N–H and O–H groups in total. The molecule has 0 bridgehead atoms. The summed E-state index contributed by atoms with van der Waals surface area (Å²) >= 11 is 6.31. The highest BCUT2D eigenvalue weighted by Gasteiger charge is 2.18. The van der Waals surface area contributed by atoms with E-state index in [2.05, 4.69) is 16.0 Å². The van der Waals surface area contributed by atoms with Gasteiger partial charge in [0.15, 0.2) is 0 Å². The molecule has 3 amide bonds. The molecule has 0 aliphatic rings. The summed E-state index contributed by atoms with van der Waals surface area (Å²) in [5.41, 5.74) is 4.01. The third-order valence-electron chi connectivity index (χ3n) is 6.41. The summed E-state index contributed by atoms with van der Waals surface area (Å²) in [7, 11) is 0. The first-order chi connectivity index (χ1) is 18.6. The Morgan fingerprint density at radius 3 is 2.41 bits per heavy atom. The van der Waals surface area contributed by atoms with Gasteiger partial charge in [-0.3, -0.25) is 14.4 Å². The number of benzene rings is 3. The van der Waals surface area contributed by atoms with Gasteiger partial charge >= 0.3 is 0 Å². The number of rotatable bonds is 8. The van der Waals surface area contributed by atoms with Crippen molar-refractivity contribution in [3.63, 3.8) is 0 Å². The van der Waals surface area contributed by atoms with E-state index >= 15 is 0 Å². The van der Waals surface area contributed by atoms with Crippen molar-refractivity contribution in [2.45, 2.75) is 40.8 Å². The van der Waals surface area contributed by atoms with E-state index in [1.54, 1.807) is 43.3 Å². The summed E-state index contributed by atoms with van der Waals surface area (Å²) in [6.45, 7) is 8.12. The van der Waals surface area contributed by atoms with E-state index in [0.29, 0.717) is 34.2 Å². The van der Waals surface area contributed by atoms with Gasteiger partial charge in [0, 0.05) is 41.3 Å². The number of hydrogen-bond donors (Lipinski definition) is 3. The summed E-state index contributed by atoms with van der Waals surface area (Å²) in [6.07, 6.45) is 0. The number of nitrogens with one attached hydrogen (secondary N) is 3. The summed E-state index contributed by atoms with van der Waals surface area (Å²) in [5, 5.41) is 9.62. The Hall–Kier alpha value is -4.17. The smallest absolute Gasteiger partial charge is 0.272 e. The predicted octanol–water partition coefficient (Wildman–Crippen LogP) is 6.54. The van der Waals surface area contributed by atoms with Crippen LogP contribution < -0.4 is 16.0 Å². The van der Waals surface area contributed by atoms with Crippen LogP contribution in [0, 0.1) is 18.7 Å². The summed E-state index contributed by atoms with van der Waals surface area (Å²) < 4.78 is 15.3. The fourth-order valence-electron chi connectivity index (χ4n) is 4.28. The minimum absolute atomic E-state index is 0.0795. The SMILES string of the molecule is CCn1c(C(=O)Nc2ccc(F)cc2C)cc2cc(NC(=O)c3cc(CNC(=O)C(C)C)ccc3Cl)ccc21. The molecule has 0 unspecified atom stereocenters. The first-order valence-electron chi connectivity index (χ1n) is 12.7. The fourth-order valence-corrected chi connectivity index (χ4v) is 4.48. The lowest BCUT2D eigenvalue weighted by molar-refractivity contribution is -0.124. The number of halogens is 2. The molecule has 0 fully saturated rings. The van der Waals surface area contributed by atoms with E-state index in [0.717, 1.165) is 16.5 Å². The van der Waals surface area contributed by atoms with Gasteiger partial charge in [-0.2, -0.15) is 0 Å². The third-order valence-corrected chi connectivity index (χ3v) is 6.74. The monoisotopic (exact) mass is 548 g/mol. The molecule has 0 aliphatic carbocycles. The molecule has 0 atom stereocenters. The highest BCUT2D eigenvalue weighted by Crippen LogP contribution is 2.26. The van der Waals surface area contributed by atoms with Gasteiger partial charge in [0.2, 0.25) is 5.91 Å². The Labute approximate surface area is 231 Å². The molecule has 1 aromatic heterocycles. The minimum atomic E-state index is -0.393. The molecule has 0 spiro atoms. The van der Waals surface area contributed by atoms with Gasteiger partial charge in [0.25, 0.3) is 11.8 Å². The van der Waals surface area contributed by atoms with Crippen molar-refractivity contribution < 1.29 is 18.8 Å². The van der Waals surface area contributed by atoms with E-state index in [4.69, 9.17) is 11.6 Å². The molecule has 3 aromatic carbocycles. The van der Waals surface area contributed by atoms with Gasteiger partial charge < -0.3 is 20.5 Å². The zero-order chi connectivity index (χ0) is 28.3. The van der Waals surface area contributed by atoms with Crippen LogP contribution in [0.1, 0.15) is 52.7 Å². The van der Waals surface area contributed by atoms with E-state index in [1.807, 2.05) is 31.4 Å². The molecule has 0 aliphatic heterocycles. The number of anilines is 2. The lowest BCUT2D eigenvalue weighted by atomic mass is 10.1. The maximum absolute atomic E-state index is 13.5. The molecular formula is C30H30ClFN4O3. The second kappa shape index (κ2) is 11.7. The predicted molar refractivity (Wildman–Crippen MR) is 153 cm³/mol. The van der Waals surface area contributed by atoms with Crippen LogP contribution in [-0.2, 0) is 17.9 Å². The largest absolute Gasteiger partial charge is 0.352 e. The van der Waals surface area contributed by atoms with Crippen LogP contribution in [0.3, 0.4) is 0 Å². The second-order valence-electron chi connectivity index (χ2n) is 9.60. The van der Waals surface area contributed by atoms with Crippen LogP contribution in [0.15, 0.2) is 60.7 Å². The molecular weight excluding hydrogens is 519 g/mol. The summed E-state index contributed by atoms with van der Waals surface area (Å²) in [6, 6.07) is 16.4. The second-order valence-corrected chi connectivity index (χ2v) is 10.0. The molecule has 39 heavy (non-hydrogen) atoms. The molecule has 7 nitrogen and oxygen atoms in total. The maximum Gasteiger partial charge on any atom is 0.272 e. The average molecular weight is 549 g/mol. The quantitative estimate of drug-likeness (QED) is 0.233. The van der Waals surface area contributed by atoms with Crippen molar-refractivity contribution in [3.05, 3.63) is 93.9 Å². The van der Waals surface area contributed by atoms with Gasteiger partial charge in [0.1, 0.15) is 11.5 Å². The zero-order valence-corrected chi connectivity index (χ0v) is 22.9. The first kappa shape index (κ1) is 27.9. The normalized spacial score (nSPS) is 11.1. The highest BCUT2D eigenvalue weighted by atomic mass is 35.5. The minimum Gasteiger partial charge on any atom is -0.352 e. The van der Waals surface area contributed by atoms with Crippen LogP contribution in [-0.4, -0.2) is 22.3 Å². The molecule has 202 valence electrons. The lowest BCUT2D eigenvalue weighted by Gasteiger charge is -2.12. The Morgan fingerprint density at radius 2 is 1.72 bits per heavy atom. The van der Waals surface area contributed by atoms with Crippen LogP contribution in [0.2, 0.25) is 5.02 Å². The highest BCUT2D eigenvalue weighted by molar-refractivity contribution is 6.34. The molecule has 4 rings (SSSR count). The number of aryl methyl sites for hydroxylation is 2. The van der Waals surface area contributed by atoms with Crippen molar-refractivity contribution in [1.82, 2.24) is 9.88 Å². The van der Waals surface area contributed by atoms with Crippen molar-refractivity contribution in [1.29, 1.82) is 0 Å². The van der Waals surface area contributed by atoms with Gasteiger partial charge in [-0.05, 0) is 79.6 Å². The molecule has 4 aromatic rings. The van der Waals surface area contributed by atoms with Gasteiger partial charge in [-0.15, -0.1) is 0 Å². The number of amides is 3. The van der Waals surface area contributed by atoms with Gasteiger partial charge in [0.05, 0.1) is 10.6 Å². The third kappa shape index (κ3) is 6.29. The summed E-state index contributed by atoms with van der Waals surface area (Å²) in [5.74, 6) is -1.30. The van der Waals surface area contributed by atoms with Crippen molar-refractivity contribution in [2.24, 2.45) is 5.92 Å². The zero-order valence-electron chi connectivity index (χ0n) is 22.2. The maximum atomic E-state index is 13.5. The van der Waals surface area contributed by atoms with Crippen LogP contribution in [0.5, 0.6) is 0 Å². The van der Waals surface area contributed by atoms with Crippen molar-refractivity contribution >= 4 is 51.6 Å². The number of carbonyl (C=O) groups excluding carboxylic acids is 3. The Balaban J connectivity index is 1.55. The van der Waals surface area contributed by atoms with E-state index in [1.165, 1.54) is 18.2 Å². The average Bonchev–Trinajstić information content (AvgIpc) is 3.27. The Bertz CT molecular complexity index is 1580. The molecule has 0 radical (unpaired) electrons. The summed E-state index contributed by atoms with van der Waals surface area (Å²) in [4.78, 5) is 38.1. The first-order valence-corrected chi connectivity index (χ1v) is 13.0. The van der Waals surface area contributed by atoms with E-state index in [9.17, 15) is 18.8 Å². The fraction of sp³-hybridized carbons (Fsp3) is 0.233. The van der Waals surface area contributed by atoms with Crippen LogP contribution >= 0.6 is 11.6 Å². The van der Waals surface area contributed by atoms with Crippen LogP contribution in [0.25, 0.3) is 10.9 Å². The molecule has 0 saturated carbocycles. The number of carbonyl (C=O) groups is 3. The number of hydrogen-bond acceptors (Lipinski definition) is 3. The standard InChI is InChI=1S/C30H30ClFN4O3/c1-5-36-26-11-8-22(14-20(26)15-27(36)30(39)35-25-10-7-21(32)12-18(25)4)34-29(38)23-13-19(6-9-24(23)31)16-33-28(37)17(2)3/h6-15,17H,5,16H2,1-4H3,(H,33,37)(H,34,38)(H,35,39). The Kier molecular flexibility index (Phi) is 8.35. The van der Waals surface area contributed by atoms with E-state index < -0.39 is 5.91 Å².